The Hall–Kier alpha value is -2.12. The standard InChI is InChI=1S/C14H13ClN2O4S/c1-9-10(15)5-3-7-12(9)22(19,20)17-13-8-4-6-11(16-13)14(18)21-2/h3-8H,1-2H3,(H,16,17). The zero-order valence-corrected chi connectivity index (χ0v) is 13.4. The van der Waals surface area contributed by atoms with Crippen molar-refractivity contribution >= 4 is 33.4 Å². The highest BCUT2D eigenvalue weighted by Gasteiger charge is 2.19. The first-order valence-electron chi connectivity index (χ1n) is 6.18. The first kappa shape index (κ1) is 16.3. The van der Waals surface area contributed by atoms with Gasteiger partial charge in [0.05, 0.1) is 12.0 Å². The predicted octanol–water partition coefficient (Wildman–Crippen LogP) is 2.63. The molecule has 0 radical (unpaired) electrons. The zero-order valence-electron chi connectivity index (χ0n) is 11.8. The van der Waals surface area contributed by atoms with Gasteiger partial charge in [-0.3, -0.25) is 4.72 Å². The summed E-state index contributed by atoms with van der Waals surface area (Å²) in [4.78, 5) is 15.4. The summed E-state index contributed by atoms with van der Waals surface area (Å²) in [7, 11) is -2.65. The quantitative estimate of drug-likeness (QED) is 0.865. The first-order valence-corrected chi connectivity index (χ1v) is 8.04. The van der Waals surface area contributed by atoms with Crippen LogP contribution in [0.5, 0.6) is 0 Å². The van der Waals surface area contributed by atoms with E-state index in [2.05, 4.69) is 14.4 Å². The molecule has 0 fully saturated rings. The van der Waals surface area contributed by atoms with Crippen LogP contribution in [0.25, 0.3) is 0 Å². The highest BCUT2D eigenvalue weighted by atomic mass is 35.5. The highest BCUT2D eigenvalue weighted by Crippen LogP contribution is 2.24. The molecule has 1 aromatic carbocycles. The molecular weight excluding hydrogens is 328 g/mol. The summed E-state index contributed by atoms with van der Waals surface area (Å²) < 4.78 is 31.7. The van der Waals surface area contributed by atoms with Gasteiger partial charge in [-0.25, -0.2) is 18.2 Å². The summed E-state index contributed by atoms with van der Waals surface area (Å²) in [6, 6.07) is 8.95. The Morgan fingerprint density at radius 3 is 2.59 bits per heavy atom. The molecule has 8 heteroatoms. The lowest BCUT2D eigenvalue weighted by Gasteiger charge is -2.11. The van der Waals surface area contributed by atoms with Crippen molar-refractivity contribution in [1.82, 2.24) is 4.98 Å². The van der Waals surface area contributed by atoms with Gasteiger partial charge in [-0.1, -0.05) is 23.7 Å². The first-order chi connectivity index (χ1) is 10.3. The van der Waals surface area contributed by atoms with E-state index in [0.29, 0.717) is 10.6 Å². The maximum atomic E-state index is 12.4. The summed E-state index contributed by atoms with van der Waals surface area (Å²) in [6.07, 6.45) is 0. The van der Waals surface area contributed by atoms with E-state index in [-0.39, 0.29) is 16.4 Å². The van der Waals surface area contributed by atoms with Crippen LogP contribution in [-0.4, -0.2) is 26.5 Å². The monoisotopic (exact) mass is 340 g/mol. The van der Waals surface area contributed by atoms with Gasteiger partial charge in [0.25, 0.3) is 10.0 Å². The van der Waals surface area contributed by atoms with Gasteiger partial charge in [0, 0.05) is 5.02 Å². The van der Waals surface area contributed by atoms with Crippen molar-refractivity contribution in [1.29, 1.82) is 0 Å². The second-order valence-electron chi connectivity index (χ2n) is 4.37. The molecule has 0 aliphatic carbocycles. The largest absolute Gasteiger partial charge is 0.464 e. The fourth-order valence-corrected chi connectivity index (χ4v) is 3.28. The summed E-state index contributed by atoms with van der Waals surface area (Å²) in [5, 5.41) is 0.346. The lowest BCUT2D eigenvalue weighted by Crippen LogP contribution is -2.16. The number of rotatable bonds is 4. The fraction of sp³-hybridized carbons (Fsp3) is 0.143. The second kappa shape index (κ2) is 6.33. The number of hydrogen-bond donors (Lipinski definition) is 1. The van der Waals surface area contributed by atoms with Crippen molar-refractivity contribution in [3.8, 4) is 0 Å². The van der Waals surface area contributed by atoms with Gasteiger partial charge in [0.1, 0.15) is 5.82 Å². The third kappa shape index (κ3) is 3.37. The van der Waals surface area contributed by atoms with Gasteiger partial charge in [-0.15, -0.1) is 0 Å². The molecule has 116 valence electrons. The van der Waals surface area contributed by atoms with E-state index >= 15 is 0 Å². The Balaban J connectivity index is 2.37. The van der Waals surface area contributed by atoms with Gasteiger partial charge in [0.2, 0.25) is 0 Å². The molecule has 0 aliphatic rings. The van der Waals surface area contributed by atoms with Gasteiger partial charge in [0.15, 0.2) is 5.69 Å². The van der Waals surface area contributed by atoms with Crippen LogP contribution < -0.4 is 4.72 Å². The van der Waals surface area contributed by atoms with E-state index in [4.69, 9.17) is 11.6 Å². The molecule has 0 unspecified atom stereocenters. The number of methoxy groups -OCH3 is 1. The number of aromatic nitrogens is 1. The Labute approximate surface area is 133 Å². The number of nitrogens with one attached hydrogen (secondary N) is 1. The van der Waals surface area contributed by atoms with Gasteiger partial charge in [-0.05, 0) is 36.8 Å². The van der Waals surface area contributed by atoms with E-state index in [1.165, 1.54) is 31.4 Å². The van der Waals surface area contributed by atoms with Crippen LogP contribution in [0.4, 0.5) is 5.82 Å². The van der Waals surface area contributed by atoms with Crippen molar-refractivity contribution < 1.29 is 17.9 Å². The SMILES string of the molecule is COC(=O)c1cccc(NS(=O)(=O)c2cccc(Cl)c2C)n1. The number of sulfonamides is 1. The minimum absolute atomic E-state index is 0.00511. The Bertz CT molecular complexity index is 821. The van der Waals surface area contributed by atoms with E-state index in [1.807, 2.05) is 0 Å². The number of pyridine rings is 1. The number of ether oxygens (including phenoxy) is 1. The number of carbonyl (C=O) groups excluding carboxylic acids is 1. The molecule has 0 saturated heterocycles. The number of esters is 1. The maximum absolute atomic E-state index is 12.4. The third-order valence-electron chi connectivity index (χ3n) is 2.89. The van der Waals surface area contributed by atoms with E-state index < -0.39 is 16.0 Å². The molecule has 1 heterocycles. The Kier molecular flexibility index (Phi) is 4.68. The molecule has 22 heavy (non-hydrogen) atoms. The average molecular weight is 341 g/mol. The summed E-state index contributed by atoms with van der Waals surface area (Å²) in [5.74, 6) is -0.637. The Morgan fingerprint density at radius 2 is 1.91 bits per heavy atom. The van der Waals surface area contributed by atoms with Crippen LogP contribution in [0.3, 0.4) is 0 Å². The van der Waals surface area contributed by atoms with Crippen LogP contribution in [-0.2, 0) is 14.8 Å². The fourth-order valence-electron chi connectivity index (χ4n) is 1.78. The van der Waals surface area contributed by atoms with Gasteiger partial charge >= 0.3 is 5.97 Å². The average Bonchev–Trinajstić information content (AvgIpc) is 2.48. The van der Waals surface area contributed by atoms with E-state index in [9.17, 15) is 13.2 Å². The lowest BCUT2D eigenvalue weighted by atomic mass is 10.2. The number of hydrogen-bond acceptors (Lipinski definition) is 5. The van der Waals surface area contributed by atoms with Crippen LogP contribution in [0.15, 0.2) is 41.3 Å². The molecular formula is C14H13ClN2O4S. The van der Waals surface area contributed by atoms with E-state index in [1.54, 1.807) is 19.1 Å². The predicted molar refractivity (Wildman–Crippen MR) is 82.6 cm³/mol. The molecule has 2 aromatic rings. The smallest absolute Gasteiger partial charge is 0.356 e. The molecule has 1 aromatic heterocycles. The van der Waals surface area contributed by atoms with E-state index in [0.717, 1.165) is 0 Å². The zero-order chi connectivity index (χ0) is 16.3. The van der Waals surface area contributed by atoms with Gasteiger partial charge in [-0.2, -0.15) is 0 Å². The topological polar surface area (TPSA) is 85.4 Å². The normalized spacial score (nSPS) is 11.0. The molecule has 6 nitrogen and oxygen atoms in total. The number of benzene rings is 1. The molecule has 1 N–H and O–H groups in total. The molecule has 0 saturated carbocycles. The van der Waals surface area contributed by atoms with Gasteiger partial charge < -0.3 is 4.74 Å². The number of halogens is 1. The molecule has 0 bridgehead atoms. The van der Waals surface area contributed by atoms with Crippen LogP contribution in [0.2, 0.25) is 5.02 Å². The van der Waals surface area contributed by atoms with Crippen molar-refractivity contribution in [2.75, 3.05) is 11.8 Å². The second-order valence-corrected chi connectivity index (χ2v) is 6.43. The summed E-state index contributed by atoms with van der Waals surface area (Å²) in [5.41, 5.74) is 0.436. The van der Waals surface area contributed by atoms with Crippen LogP contribution in [0.1, 0.15) is 16.1 Å². The molecule has 0 amide bonds. The Morgan fingerprint density at radius 1 is 1.23 bits per heavy atom. The van der Waals surface area contributed by atoms with Crippen LogP contribution in [0, 0.1) is 6.92 Å². The van der Waals surface area contributed by atoms with Crippen molar-refractivity contribution in [3.05, 3.63) is 52.7 Å². The van der Waals surface area contributed by atoms with Crippen molar-refractivity contribution in [2.45, 2.75) is 11.8 Å². The highest BCUT2D eigenvalue weighted by molar-refractivity contribution is 7.92. The van der Waals surface area contributed by atoms with Crippen LogP contribution >= 0.6 is 11.6 Å². The molecule has 2 rings (SSSR count). The third-order valence-corrected chi connectivity index (χ3v) is 4.80. The lowest BCUT2D eigenvalue weighted by molar-refractivity contribution is 0.0594. The summed E-state index contributed by atoms with van der Waals surface area (Å²) in [6.45, 7) is 1.61. The molecule has 0 spiro atoms. The maximum Gasteiger partial charge on any atom is 0.356 e. The van der Waals surface area contributed by atoms with Crippen molar-refractivity contribution in [2.24, 2.45) is 0 Å². The molecule has 0 atom stereocenters. The number of anilines is 1. The number of nitrogens with zero attached hydrogens (tertiary/aromatic N) is 1. The minimum Gasteiger partial charge on any atom is -0.464 e. The minimum atomic E-state index is -3.86. The summed E-state index contributed by atoms with van der Waals surface area (Å²) >= 11 is 5.94. The molecule has 0 aliphatic heterocycles. The number of carbonyl (C=O) groups is 1. The van der Waals surface area contributed by atoms with Crippen molar-refractivity contribution in [3.63, 3.8) is 0 Å².